The quantitative estimate of drug-likeness (QED) is 0.848. The maximum Gasteiger partial charge on any atom is 0.341 e. The van der Waals surface area contributed by atoms with Crippen LogP contribution < -0.4 is 5.32 Å². The first-order valence-corrected chi connectivity index (χ1v) is 6.46. The van der Waals surface area contributed by atoms with E-state index in [1.165, 1.54) is 7.11 Å². The van der Waals surface area contributed by atoms with Crippen LogP contribution in [0.1, 0.15) is 37.0 Å². The lowest BCUT2D eigenvalue weighted by Gasteiger charge is -2.36. The number of nitrogens with zero attached hydrogens (tertiary/aromatic N) is 1. The molecule has 2 rings (SSSR count). The average Bonchev–Trinajstić information content (AvgIpc) is 2.37. The van der Waals surface area contributed by atoms with Gasteiger partial charge in [-0.2, -0.15) is 0 Å². The summed E-state index contributed by atoms with van der Waals surface area (Å²) in [5.74, 6) is 0.207. The molecule has 1 unspecified atom stereocenters. The van der Waals surface area contributed by atoms with Crippen molar-refractivity contribution in [1.82, 2.24) is 4.98 Å². The van der Waals surface area contributed by atoms with Crippen molar-refractivity contribution in [3.05, 3.63) is 23.9 Å². The molecule has 0 saturated carbocycles. The summed E-state index contributed by atoms with van der Waals surface area (Å²) < 4.78 is 10.4. The van der Waals surface area contributed by atoms with E-state index in [4.69, 9.17) is 9.47 Å². The van der Waals surface area contributed by atoms with Crippen molar-refractivity contribution in [2.24, 2.45) is 0 Å². The van der Waals surface area contributed by atoms with Gasteiger partial charge in [-0.15, -0.1) is 0 Å². The summed E-state index contributed by atoms with van der Waals surface area (Å²) in [6, 6.07) is 3.69. The van der Waals surface area contributed by atoms with Crippen molar-refractivity contribution >= 4 is 11.8 Å². The number of esters is 1. The van der Waals surface area contributed by atoms with Crippen LogP contribution in [0, 0.1) is 0 Å². The lowest BCUT2D eigenvalue weighted by Crippen LogP contribution is -2.40. The summed E-state index contributed by atoms with van der Waals surface area (Å²) in [6.07, 6.45) is 3.45. The Balaban J connectivity index is 2.13. The normalized spacial score (nSPS) is 21.7. The third-order valence-electron chi connectivity index (χ3n) is 3.25. The van der Waals surface area contributed by atoms with Crippen LogP contribution in [-0.2, 0) is 9.47 Å². The van der Waals surface area contributed by atoms with Crippen LogP contribution >= 0.6 is 0 Å². The number of ether oxygens (including phenoxy) is 2. The van der Waals surface area contributed by atoms with Gasteiger partial charge in [-0.25, -0.2) is 9.78 Å². The fourth-order valence-corrected chi connectivity index (χ4v) is 2.34. The van der Waals surface area contributed by atoms with Crippen LogP contribution in [0.3, 0.4) is 0 Å². The highest BCUT2D eigenvalue weighted by atomic mass is 16.5. The van der Waals surface area contributed by atoms with Gasteiger partial charge in [0.25, 0.3) is 0 Å². The van der Waals surface area contributed by atoms with Gasteiger partial charge in [-0.05, 0) is 38.8 Å². The Morgan fingerprint density at radius 2 is 2.37 bits per heavy atom. The highest BCUT2D eigenvalue weighted by Crippen LogP contribution is 2.26. The smallest absolute Gasteiger partial charge is 0.341 e. The van der Waals surface area contributed by atoms with Crippen LogP contribution in [-0.4, -0.2) is 36.3 Å². The number of rotatable bonds is 3. The molecule has 1 N–H and O–H groups in total. The maximum absolute atomic E-state index is 11.7. The van der Waals surface area contributed by atoms with Gasteiger partial charge in [0.05, 0.1) is 12.7 Å². The fourth-order valence-electron chi connectivity index (χ4n) is 2.34. The third kappa shape index (κ3) is 3.44. The molecule has 19 heavy (non-hydrogen) atoms. The predicted octanol–water partition coefficient (Wildman–Crippen LogP) is 2.24. The molecule has 0 aromatic carbocycles. The van der Waals surface area contributed by atoms with E-state index in [9.17, 15) is 4.79 Å². The zero-order valence-electron chi connectivity index (χ0n) is 11.6. The predicted molar refractivity (Wildman–Crippen MR) is 72.3 cm³/mol. The minimum Gasteiger partial charge on any atom is -0.465 e. The first kappa shape index (κ1) is 13.8. The Morgan fingerprint density at radius 3 is 3.05 bits per heavy atom. The number of hydrogen-bond donors (Lipinski definition) is 1. The third-order valence-corrected chi connectivity index (χ3v) is 3.25. The molecule has 5 nitrogen and oxygen atoms in total. The molecule has 5 heteroatoms. The molecule has 0 bridgehead atoms. The van der Waals surface area contributed by atoms with Gasteiger partial charge in [0.1, 0.15) is 11.4 Å². The Morgan fingerprint density at radius 1 is 1.58 bits per heavy atom. The molecule has 1 aromatic rings. The lowest BCUT2D eigenvalue weighted by molar-refractivity contribution is -0.0553. The number of methoxy groups -OCH3 is 1. The minimum atomic E-state index is -0.373. The number of aromatic nitrogens is 1. The molecule has 1 aromatic heterocycles. The number of carbonyl (C=O) groups excluding carboxylic acids is 1. The Bertz CT molecular complexity index is 460. The van der Waals surface area contributed by atoms with E-state index in [1.807, 2.05) is 0 Å². The first-order valence-electron chi connectivity index (χ1n) is 6.46. The van der Waals surface area contributed by atoms with Gasteiger partial charge < -0.3 is 14.8 Å². The Labute approximate surface area is 113 Å². The SMILES string of the molecule is COC(=O)c1cccnc1NC1CCOC(C)(C)C1. The van der Waals surface area contributed by atoms with Crippen molar-refractivity contribution in [2.45, 2.75) is 38.3 Å². The zero-order chi connectivity index (χ0) is 13.9. The van der Waals surface area contributed by atoms with Crippen molar-refractivity contribution in [3.8, 4) is 0 Å². The standard InChI is InChI=1S/C14H20N2O3/c1-14(2)9-10(6-8-19-14)16-12-11(13(17)18-3)5-4-7-15-12/h4-5,7,10H,6,8-9H2,1-3H3,(H,15,16). The monoisotopic (exact) mass is 264 g/mol. The maximum atomic E-state index is 11.7. The van der Waals surface area contributed by atoms with Crippen molar-refractivity contribution in [1.29, 1.82) is 0 Å². The molecular formula is C14H20N2O3. The second-order valence-electron chi connectivity index (χ2n) is 5.33. The van der Waals surface area contributed by atoms with E-state index >= 15 is 0 Å². The fraction of sp³-hybridized carbons (Fsp3) is 0.571. The van der Waals surface area contributed by atoms with Crippen molar-refractivity contribution in [2.75, 3.05) is 19.0 Å². The molecule has 0 radical (unpaired) electrons. The van der Waals surface area contributed by atoms with E-state index in [1.54, 1.807) is 18.3 Å². The molecule has 2 heterocycles. The van der Waals surface area contributed by atoms with Gasteiger partial charge >= 0.3 is 5.97 Å². The van der Waals surface area contributed by atoms with Crippen LogP contribution in [0.2, 0.25) is 0 Å². The molecule has 0 amide bonds. The zero-order valence-corrected chi connectivity index (χ0v) is 11.6. The van der Waals surface area contributed by atoms with E-state index in [0.29, 0.717) is 18.0 Å². The number of nitrogens with one attached hydrogen (secondary N) is 1. The summed E-state index contributed by atoms with van der Waals surface area (Å²) in [5, 5.41) is 3.33. The topological polar surface area (TPSA) is 60.5 Å². The van der Waals surface area contributed by atoms with E-state index in [0.717, 1.165) is 12.8 Å². The number of pyridine rings is 1. The van der Waals surface area contributed by atoms with Gasteiger partial charge in [0.15, 0.2) is 0 Å². The van der Waals surface area contributed by atoms with Gasteiger partial charge in [-0.1, -0.05) is 0 Å². The summed E-state index contributed by atoms with van der Waals surface area (Å²) in [4.78, 5) is 15.9. The van der Waals surface area contributed by atoms with Crippen molar-refractivity contribution < 1.29 is 14.3 Å². The molecule has 1 fully saturated rings. The molecule has 0 spiro atoms. The summed E-state index contributed by atoms with van der Waals surface area (Å²) >= 11 is 0. The van der Waals surface area contributed by atoms with Crippen molar-refractivity contribution in [3.63, 3.8) is 0 Å². The number of hydrogen-bond acceptors (Lipinski definition) is 5. The summed E-state index contributed by atoms with van der Waals surface area (Å²) in [7, 11) is 1.37. The lowest BCUT2D eigenvalue weighted by atomic mass is 9.94. The van der Waals surface area contributed by atoms with E-state index < -0.39 is 0 Å². The van der Waals surface area contributed by atoms with Crippen LogP contribution in [0.4, 0.5) is 5.82 Å². The molecule has 0 aliphatic carbocycles. The van der Waals surface area contributed by atoms with E-state index in [-0.39, 0.29) is 17.6 Å². The number of carbonyl (C=O) groups is 1. The molecule has 1 atom stereocenters. The highest BCUT2D eigenvalue weighted by molar-refractivity contribution is 5.94. The molecule has 104 valence electrons. The molecule has 1 aliphatic heterocycles. The summed E-state index contributed by atoms with van der Waals surface area (Å²) in [6.45, 7) is 4.85. The Kier molecular flexibility index (Phi) is 4.04. The molecule has 1 saturated heterocycles. The van der Waals surface area contributed by atoms with Gasteiger partial charge in [0, 0.05) is 18.8 Å². The van der Waals surface area contributed by atoms with E-state index in [2.05, 4.69) is 24.1 Å². The van der Waals surface area contributed by atoms with Crippen LogP contribution in [0.5, 0.6) is 0 Å². The van der Waals surface area contributed by atoms with Crippen LogP contribution in [0.15, 0.2) is 18.3 Å². The second-order valence-corrected chi connectivity index (χ2v) is 5.33. The summed E-state index contributed by atoms with van der Waals surface area (Å²) in [5.41, 5.74) is 0.324. The average molecular weight is 264 g/mol. The minimum absolute atomic E-state index is 0.143. The van der Waals surface area contributed by atoms with Gasteiger partial charge in [-0.3, -0.25) is 0 Å². The first-order chi connectivity index (χ1) is 9.02. The second kappa shape index (κ2) is 5.57. The Hall–Kier alpha value is -1.62. The number of anilines is 1. The molecular weight excluding hydrogens is 244 g/mol. The highest BCUT2D eigenvalue weighted by Gasteiger charge is 2.29. The van der Waals surface area contributed by atoms with Gasteiger partial charge in [0.2, 0.25) is 0 Å². The van der Waals surface area contributed by atoms with Crippen LogP contribution in [0.25, 0.3) is 0 Å². The largest absolute Gasteiger partial charge is 0.465 e. The molecule has 1 aliphatic rings.